The van der Waals surface area contributed by atoms with E-state index in [2.05, 4.69) is 15.2 Å². The number of para-hydroxylation sites is 2. The van der Waals surface area contributed by atoms with Crippen LogP contribution in [-0.4, -0.2) is 22.3 Å². The van der Waals surface area contributed by atoms with E-state index in [4.69, 9.17) is 4.42 Å². The first kappa shape index (κ1) is 17.7. The number of hydrogen-bond donors (Lipinski definition) is 1. The summed E-state index contributed by atoms with van der Waals surface area (Å²) in [5, 5.41) is 6.85. The Morgan fingerprint density at radius 1 is 1.27 bits per heavy atom. The normalized spacial score (nSPS) is 11.0. The minimum Gasteiger partial charge on any atom is -0.454 e. The Morgan fingerprint density at radius 3 is 2.73 bits per heavy atom. The second-order valence-electron chi connectivity index (χ2n) is 5.68. The number of carbonyl (C=O) groups excluding carboxylic acids is 1. The lowest BCUT2D eigenvalue weighted by Gasteiger charge is -2.10. The fraction of sp³-hybridized carbons (Fsp3) is 0.222. The smallest absolute Gasteiger partial charge is 0.387 e. The number of anilines is 1. The third kappa shape index (κ3) is 4.08. The molecule has 3 aromatic rings. The SMILES string of the molecule is Cc1cc(C)n(Cc2ccc(C(=O)Nc3ccccc3OC(F)F)o2)n1. The van der Waals surface area contributed by atoms with Gasteiger partial charge in [-0.2, -0.15) is 13.9 Å². The second kappa shape index (κ2) is 7.38. The molecule has 6 nitrogen and oxygen atoms in total. The summed E-state index contributed by atoms with van der Waals surface area (Å²) < 4.78 is 36.6. The third-order valence-corrected chi connectivity index (χ3v) is 3.65. The molecular weight excluding hydrogens is 344 g/mol. The standard InChI is InChI=1S/C18H17F2N3O3/c1-11-9-12(2)23(22-11)10-13-7-8-16(25-13)17(24)21-14-5-3-4-6-15(14)26-18(19)20/h3-9,18H,10H2,1-2H3,(H,21,24). The first-order valence-electron chi connectivity index (χ1n) is 7.87. The maximum Gasteiger partial charge on any atom is 0.387 e. The van der Waals surface area contributed by atoms with Gasteiger partial charge in [0.05, 0.1) is 17.9 Å². The lowest BCUT2D eigenvalue weighted by Crippen LogP contribution is -2.13. The maximum atomic E-state index is 12.4. The molecular formula is C18H17F2N3O3. The molecule has 136 valence electrons. The zero-order chi connectivity index (χ0) is 18.7. The van der Waals surface area contributed by atoms with Gasteiger partial charge >= 0.3 is 6.61 Å². The molecule has 26 heavy (non-hydrogen) atoms. The maximum absolute atomic E-state index is 12.4. The van der Waals surface area contributed by atoms with E-state index in [1.165, 1.54) is 24.3 Å². The molecule has 0 saturated heterocycles. The first-order valence-corrected chi connectivity index (χ1v) is 7.87. The molecule has 0 spiro atoms. The Kier molecular flexibility index (Phi) is 5.01. The lowest BCUT2D eigenvalue weighted by atomic mass is 10.3. The van der Waals surface area contributed by atoms with E-state index >= 15 is 0 Å². The Balaban J connectivity index is 1.72. The average molecular weight is 361 g/mol. The summed E-state index contributed by atoms with van der Waals surface area (Å²) in [7, 11) is 0. The van der Waals surface area contributed by atoms with Gasteiger partial charge in [0.1, 0.15) is 11.5 Å². The summed E-state index contributed by atoms with van der Waals surface area (Å²) >= 11 is 0. The highest BCUT2D eigenvalue weighted by Crippen LogP contribution is 2.26. The molecule has 0 aliphatic heterocycles. The van der Waals surface area contributed by atoms with Crippen molar-refractivity contribution in [3.05, 3.63) is 65.4 Å². The summed E-state index contributed by atoms with van der Waals surface area (Å²) in [5.41, 5.74) is 2.00. The number of nitrogens with one attached hydrogen (secondary N) is 1. The van der Waals surface area contributed by atoms with Gasteiger partial charge in [0.15, 0.2) is 5.76 Å². The van der Waals surface area contributed by atoms with Gasteiger partial charge in [-0.1, -0.05) is 12.1 Å². The molecule has 8 heteroatoms. The van der Waals surface area contributed by atoms with Crippen LogP contribution < -0.4 is 10.1 Å². The predicted octanol–water partition coefficient (Wildman–Crippen LogP) is 3.99. The molecule has 0 unspecified atom stereocenters. The minimum absolute atomic E-state index is 0.0633. The highest BCUT2D eigenvalue weighted by molar-refractivity contribution is 6.03. The van der Waals surface area contributed by atoms with Crippen LogP contribution in [0.3, 0.4) is 0 Å². The zero-order valence-corrected chi connectivity index (χ0v) is 14.2. The van der Waals surface area contributed by atoms with E-state index in [0.717, 1.165) is 11.4 Å². The summed E-state index contributed by atoms with van der Waals surface area (Å²) in [4.78, 5) is 12.3. The molecule has 0 fully saturated rings. The average Bonchev–Trinajstić information content (AvgIpc) is 3.16. The minimum atomic E-state index is -2.98. The molecule has 0 saturated carbocycles. The van der Waals surface area contributed by atoms with Crippen LogP contribution in [0.25, 0.3) is 0 Å². The van der Waals surface area contributed by atoms with Gasteiger partial charge in [-0.15, -0.1) is 0 Å². The molecule has 1 aromatic carbocycles. The van der Waals surface area contributed by atoms with Crippen molar-refractivity contribution in [1.82, 2.24) is 9.78 Å². The number of nitrogens with zero attached hydrogens (tertiary/aromatic N) is 2. The fourth-order valence-electron chi connectivity index (χ4n) is 2.52. The number of alkyl halides is 2. The van der Waals surface area contributed by atoms with Crippen molar-refractivity contribution in [3.8, 4) is 5.75 Å². The van der Waals surface area contributed by atoms with Gasteiger partial charge in [0.25, 0.3) is 5.91 Å². The number of carbonyl (C=O) groups is 1. The van der Waals surface area contributed by atoms with Crippen molar-refractivity contribution < 1.29 is 22.7 Å². The van der Waals surface area contributed by atoms with Crippen molar-refractivity contribution >= 4 is 11.6 Å². The van der Waals surface area contributed by atoms with Gasteiger partial charge < -0.3 is 14.5 Å². The van der Waals surface area contributed by atoms with Gasteiger partial charge in [0, 0.05) is 5.69 Å². The predicted molar refractivity (Wildman–Crippen MR) is 90.5 cm³/mol. The summed E-state index contributed by atoms with van der Waals surface area (Å²) in [5.74, 6) is -0.0629. The largest absolute Gasteiger partial charge is 0.454 e. The zero-order valence-electron chi connectivity index (χ0n) is 14.2. The van der Waals surface area contributed by atoms with Gasteiger partial charge in [0.2, 0.25) is 0 Å². The van der Waals surface area contributed by atoms with Crippen LogP contribution in [-0.2, 0) is 6.54 Å². The van der Waals surface area contributed by atoms with Crippen molar-refractivity contribution in [1.29, 1.82) is 0 Å². The summed E-state index contributed by atoms with van der Waals surface area (Å²) in [6.07, 6.45) is 0. The molecule has 1 amide bonds. The van der Waals surface area contributed by atoms with Crippen LogP contribution in [0.15, 0.2) is 46.9 Å². The number of halogens is 2. The Morgan fingerprint density at radius 2 is 2.04 bits per heavy atom. The summed E-state index contributed by atoms with van der Waals surface area (Å²) in [6, 6.07) is 11.1. The first-order chi connectivity index (χ1) is 12.4. The molecule has 2 aromatic heterocycles. The van der Waals surface area contributed by atoms with E-state index < -0.39 is 12.5 Å². The number of hydrogen-bond acceptors (Lipinski definition) is 4. The molecule has 0 bridgehead atoms. The molecule has 0 radical (unpaired) electrons. The fourth-order valence-corrected chi connectivity index (χ4v) is 2.52. The molecule has 1 N–H and O–H groups in total. The van der Waals surface area contributed by atoms with Crippen LogP contribution in [0.1, 0.15) is 27.7 Å². The number of amides is 1. The van der Waals surface area contributed by atoms with Crippen molar-refractivity contribution in [2.24, 2.45) is 0 Å². The van der Waals surface area contributed by atoms with Crippen molar-refractivity contribution in [3.63, 3.8) is 0 Å². The van der Waals surface area contributed by atoms with Crippen LogP contribution in [0.4, 0.5) is 14.5 Å². The van der Waals surface area contributed by atoms with Gasteiger partial charge in [-0.05, 0) is 44.2 Å². The molecule has 3 rings (SSSR count). The highest BCUT2D eigenvalue weighted by Gasteiger charge is 2.16. The number of rotatable bonds is 6. The Bertz CT molecular complexity index is 918. The molecule has 0 aliphatic rings. The Labute approximate surface area is 148 Å². The number of aryl methyl sites for hydroxylation is 2. The molecule has 0 atom stereocenters. The van der Waals surface area contributed by atoms with Crippen LogP contribution in [0.5, 0.6) is 5.75 Å². The lowest BCUT2D eigenvalue weighted by molar-refractivity contribution is -0.0493. The van der Waals surface area contributed by atoms with Crippen LogP contribution in [0, 0.1) is 13.8 Å². The topological polar surface area (TPSA) is 69.3 Å². The monoisotopic (exact) mass is 361 g/mol. The van der Waals surface area contributed by atoms with Crippen LogP contribution in [0.2, 0.25) is 0 Å². The molecule has 0 aliphatic carbocycles. The van der Waals surface area contributed by atoms with Crippen molar-refractivity contribution in [2.75, 3.05) is 5.32 Å². The highest BCUT2D eigenvalue weighted by atomic mass is 19.3. The molecule has 2 heterocycles. The van der Waals surface area contributed by atoms with E-state index in [0.29, 0.717) is 12.3 Å². The van der Waals surface area contributed by atoms with E-state index in [9.17, 15) is 13.6 Å². The second-order valence-corrected chi connectivity index (χ2v) is 5.68. The number of benzene rings is 1. The van der Waals surface area contributed by atoms with Gasteiger partial charge in [-0.3, -0.25) is 9.48 Å². The van der Waals surface area contributed by atoms with E-state index in [-0.39, 0.29) is 17.2 Å². The number of aromatic nitrogens is 2. The third-order valence-electron chi connectivity index (χ3n) is 3.65. The van der Waals surface area contributed by atoms with E-state index in [1.54, 1.807) is 16.8 Å². The Hall–Kier alpha value is -3.16. The van der Waals surface area contributed by atoms with Gasteiger partial charge in [-0.25, -0.2) is 0 Å². The quantitative estimate of drug-likeness (QED) is 0.721. The number of furan rings is 1. The van der Waals surface area contributed by atoms with Crippen LogP contribution >= 0.6 is 0 Å². The van der Waals surface area contributed by atoms with E-state index in [1.807, 2.05) is 19.9 Å². The summed E-state index contributed by atoms with van der Waals surface area (Å²) in [6.45, 7) is 1.22. The van der Waals surface area contributed by atoms with Crippen molar-refractivity contribution in [2.45, 2.75) is 27.0 Å². The number of ether oxygens (including phenoxy) is 1.